The Kier molecular flexibility index (Phi) is 5.46. The number of carbonyl (C=O) groups excluding carboxylic acids is 1. The van der Waals surface area contributed by atoms with E-state index in [-0.39, 0.29) is 12.5 Å². The smallest absolute Gasteiger partial charge is 0.257 e. The minimum atomic E-state index is -0.0787. The summed E-state index contributed by atoms with van der Waals surface area (Å²) in [6.07, 6.45) is 1.43. The van der Waals surface area contributed by atoms with Gasteiger partial charge < -0.3 is 9.84 Å². The van der Waals surface area contributed by atoms with E-state index in [1.54, 1.807) is 4.68 Å². The molecule has 0 bridgehead atoms. The zero-order valence-corrected chi connectivity index (χ0v) is 15.3. The molecule has 0 aliphatic rings. The molecule has 0 saturated carbocycles. The highest BCUT2D eigenvalue weighted by Gasteiger charge is 2.13. The monoisotopic (exact) mass is 353 g/mol. The van der Waals surface area contributed by atoms with E-state index in [0.29, 0.717) is 24.7 Å². The fourth-order valence-corrected chi connectivity index (χ4v) is 2.96. The van der Waals surface area contributed by atoms with Gasteiger partial charge in [0.1, 0.15) is 6.54 Å². The van der Waals surface area contributed by atoms with Crippen molar-refractivity contribution < 1.29 is 9.32 Å². The van der Waals surface area contributed by atoms with Gasteiger partial charge in [0.25, 0.3) is 5.89 Å². The molecule has 7 nitrogen and oxygen atoms in total. The number of aromatic nitrogens is 4. The van der Waals surface area contributed by atoms with Crippen LogP contribution in [0, 0.1) is 13.8 Å². The van der Waals surface area contributed by atoms with Gasteiger partial charge >= 0.3 is 0 Å². The topological polar surface area (TPSA) is 85.8 Å². The third-order valence-corrected chi connectivity index (χ3v) is 4.34. The lowest BCUT2D eigenvalue weighted by Crippen LogP contribution is -2.30. The van der Waals surface area contributed by atoms with E-state index in [0.717, 1.165) is 23.4 Å². The van der Waals surface area contributed by atoms with Gasteiger partial charge in [-0.25, -0.2) is 0 Å². The Hall–Kier alpha value is -2.96. The Labute approximate surface area is 152 Å². The van der Waals surface area contributed by atoms with Gasteiger partial charge in [-0.1, -0.05) is 30.3 Å². The minimum absolute atomic E-state index is 0.0787. The second-order valence-corrected chi connectivity index (χ2v) is 6.14. The molecule has 136 valence electrons. The Morgan fingerprint density at radius 1 is 1.23 bits per heavy atom. The van der Waals surface area contributed by atoms with Gasteiger partial charge in [0.05, 0.1) is 5.69 Å². The summed E-state index contributed by atoms with van der Waals surface area (Å²) in [5.74, 6) is 0.982. The lowest BCUT2D eigenvalue weighted by Gasteiger charge is -2.06. The van der Waals surface area contributed by atoms with E-state index < -0.39 is 0 Å². The molecule has 1 amide bonds. The van der Waals surface area contributed by atoms with Crippen LogP contribution in [-0.2, 0) is 24.2 Å². The highest BCUT2D eigenvalue weighted by atomic mass is 16.5. The number of aryl methyl sites for hydroxylation is 1. The summed E-state index contributed by atoms with van der Waals surface area (Å²) >= 11 is 0. The SMILES string of the molecule is CCc1c(C)nn(CC(=O)NCCc2noc(-c3ccccc3)n2)c1C. The summed E-state index contributed by atoms with van der Waals surface area (Å²) in [4.78, 5) is 16.5. The van der Waals surface area contributed by atoms with Gasteiger partial charge in [-0.05, 0) is 38.0 Å². The lowest BCUT2D eigenvalue weighted by atomic mass is 10.1. The molecule has 1 aromatic carbocycles. The summed E-state index contributed by atoms with van der Waals surface area (Å²) in [6.45, 7) is 6.73. The number of hydrogen-bond acceptors (Lipinski definition) is 5. The number of hydrogen-bond donors (Lipinski definition) is 1. The molecular weight excluding hydrogens is 330 g/mol. The van der Waals surface area contributed by atoms with Crippen molar-refractivity contribution in [2.24, 2.45) is 0 Å². The quantitative estimate of drug-likeness (QED) is 0.705. The summed E-state index contributed by atoms with van der Waals surface area (Å²) in [5, 5.41) is 11.3. The second-order valence-electron chi connectivity index (χ2n) is 6.14. The first-order valence-electron chi connectivity index (χ1n) is 8.76. The zero-order valence-electron chi connectivity index (χ0n) is 15.3. The van der Waals surface area contributed by atoms with Crippen LogP contribution < -0.4 is 5.32 Å². The molecule has 0 aliphatic heterocycles. The third kappa shape index (κ3) is 3.99. The minimum Gasteiger partial charge on any atom is -0.354 e. The van der Waals surface area contributed by atoms with Crippen LogP contribution in [0.5, 0.6) is 0 Å². The molecule has 0 spiro atoms. The van der Waals surface area contributed by atoms with Crippen LogP contribution in [0.3, 0.4) is 0 Å². The zero-order chi connectivity index (χ0) is 18.5. The van der Waals surface area contributed by atoms with Crippen molar-refractivity contribution in [1.82, 2.24) is 25.2 Å². The number of benzene rings is 1. The fourth-order valence-electron chi connectivity index (χ4n) is 2.96. The van der Waals surface area contributed by atoms with Crippen LogP contribution in [-0.4, -0.2) is 32.4 Å². The van der Waals surface area contributed by atoms with Crippen LogP contribution in [0.15, 0.2) is 34.9 Å². The van der Waals surface area contributed by atoms with E-state index >= 15 is 0 Å². The van der Waals surface area contributed by atoms with Crippen LogP contribution in [0.4, 0.5) is 0 Å². The first-order valence-corrected chi connectivity index (χ1v) is 8.76. The predicted octanol–water partition coefficient (Wildman–Crippen LogP) is 2.47. The Balaban J connectivity index is 1.51. The number of rotatable bonds is 7. The van der Waals surface area contributed by atoms with Crippen LogP contribution >= 0.6 is 0 Å². The largest absolute Gasteiger partial charge is 0.354 e. The Morgan fingerprint density at radius 3 is 2.69 bits per heavy atom. The number of nitrogens with one attached hydrogen (secondary N) is 1. The molecule has 2 heterocycles. The molecule has 26 heavy (non-hydrogen) atoms. The first-order chi connectivity index (χ1) is 12.6. The van der Waals surface area contributed by atoms with Gasteiger partial charge in [0.2, 0.25) is 5.91 Å². The Bertz CT molecular complexity index is 883. The average molecular weight is 353 g/mol. The Morgan fingerprint density at radius 2 is 2.00 bits per heavy atom. The molecule has 0 unspecified atom stereocenters. The van der Waals surface area contributed by atoms with E-state index in [1.165, 1.54) is 5.56 Å². The predicted molar refractivity (Wildman–Crippen MR) is 97.5 cm³/mol. The molecule has 7 heteroatoms. The number of amides is 1. The van der Waals surface area contributed by atoms with Gasteiger partial charge in [0, 0.05) is 24.2 Å². The van der Waals surface area contributed by atoms with Gasteiger partial charge in [-0.15, -0.1) is 0 Å². The van der Waals surface area contributed by atoms with Crippen molar-refractivity contribution >= 4 is 5.91 Å². The van der Waals surface area contributed by atoms with Crippen molar-refractivity contribution in [3.63, 3.8) is 0 Å². The molecule has 0 atom stereocenters. The van der Waals surface area contributed by atoms with Crippen LogP contribution in [0.2, 0.25) is 0 Å². The maximum Gasteiger partial charge on any atom is 0.257 e. The van der Waals surface area contributed by atoms with Crippen molar-refractivity contribution in [1.29, 1.82) is 0 Å². The molecule has 1 N–H and O–H groups in total. The van der Waals surface area contributed by atoms with Crippen molar-refractivity contribution in [3.8, 4) is 11.5 Å². The fraction of sp³-hybridized carbons (Fsp3) is 0.368. The molecule has 0 aliphatic carbocycles. The van der Waals surface area contributed by atoms with Gasteiger partial charge in [0.15, 0.2) is 5.82 Å². The van der Waals surface area contributed by atoms with Crippen LogP contribution in [0.1, 0.15) is 29.7 Å². The highest BCUT2D eigenvalue weighted by Crippen LogP contribution is 2.16. The van der Waals surface area contributed by atoms with Crippen molar-refractivity contribution in [2.45, 2.75) is 40.2 Å². The second kappa shape index (κ2) is 7.95. The normalized spacial score (nSPS) is 10.9. The maximum absolute atomic E-state index is 12.2. The summed E-state index contributed by atoms with van der Waals surface area (Å²) < 4.78 is 7.02. The van der Waals surface area contributed by atoms with Crippen molar-refractivity contribution in [2.75, 3.05) is 6.54 Å². The molecule has 0 saturated heterocycles. The molecule has 3 aromatic rings. The standard InChI is InChI=1S/C19H23N5O2/c1-4-16-13(2)22-24(14(16)3)12-18(25)20-11-10-17-21-19(26-23-17)15-8-6-5-7-9-15/h5-9H,4,10-12H2,1-3H3,(H,20,25). The first kappa shape index (κ1) is 17.8. The molecular formula is C19H23N5O2. The summed E-state index contributed by atoms with van der Waals surface area (Å²) in [7, 11) is 0. The lowest BCUT2D eigenvalue weighted by molar-refractivity contribution is -0.121. The summed E-state index contributed by atoms with van der Waals surface area (Å²) in [5.41, 5.74) is 4.12. The number of nitrogens with zero attached hydrogens (tertiary/aromatic N) is 4. The number of carbonyl (C=O) groups is 1. The van der Waals surface area contributed by atoms with Crippen LogP contribution in [0.25, 0.3) is 11.5 Å². The highest BCUT2D eigenvalue weighted by molar-refractivity contribution is 5.75. The molecule has 2 aromatic heterocycles. The summed E-state index contributed by atoms with van der Waals surface area (Å²) in [6, 6.07) is 9.60. The van der Waals surface area contributed by atoms with E-state index in [4.69, 9.17) is 4.52 Å². The van der Waals surface area contributed by atoms with Gasteiger partial charge in [-0.2, -0.15) is 10.1 Å². The maximum atomic E-state index is 12.2. The van der Waals surface area contributed by atoms with E-state index in [2.05, 4.69) is 27.5 Å². The molecule has 0 fully saturated rings. The molecule has 0 radical (unpaired) electrons. The third-order valence-electron chi connectivity index (χ3n) is 4.34. The van der Waals surface area contributed by atoms with Crippen molar-refractivity contribution in [3.05, 3.63) is 53.1 Å². The van der Waals surface area contributed by atoms with E-state index in [9.17, 15) is 4.79 Å². The van der Waals surface area contributed by atoms with E-state index in [1.807, 2.05) is 44.2 Å². The molecule has 3 rings (SSSR count). The van der Waals surface area contributed by atoms with Gasteiger partial charge in [-0.3, -0.25) is 9.48 Å². The average Bonchev–Trinajstić information content (AvgIpc) is 3.21.